The van der Waals surface area contributed by atoms with Crippen LogP contribution in [0.3, 0.4) is 0 Å². The van der Waals surface area contributed by atoms with E-state index in [9.17, 15) is 4.79 Å². The Balaban J connectivity index is 2.16. The van der Waals surface area contributed by atoms with E-state index in [2.05, 4.69) is 34.4 Å². The van der Waals surface area contributed by atoms with Crippen LogP contribution >= 0.6 is 11.3 Å². The Morgan fingerprint density at radius 2 is 2.36 bits per heavy atom. The molecule has 1 amide bonds. The quantitative estimate of drug-likeness (QED) is 0.727. The molecule has 0 aromatic carbocycles. The van der Waals surface area contributed by atoms with Crippen molar-refractivity contribution < 1.29 is 4.79 Å². The SMILES string of the molecule is CC(=O)NCCNC(C)c1ccsc1. The largest absolute Gasteiger partial charge is 0.355 e. The number of thiophene rings is 1. The van der Waals surface area contributed by atoms with E-state index in [4.69, 9.17) is 0 Å². The van der Waals surface area contributed by atoms with Crippen LogP contribution in [-0.4, -0.2) is 19.0 Å². The average molecular weight is 212 g/mol. The smallest absolute Gasteiger partial charge is 0.216 e. The van der Waals surface area contributed by atoms with Gasteiger partial charge in [0.05, 0.1) is 0 Å². The Kier molecular flexibility index (Phi) is 4.62. The Bertz CT molecular complexity index is 272. The van der Waals surface area contributed by atoms with E-state index in [0.29, 0.717) is 12.6 Å². The first-order chi connectivity index (χ1) is 6.70. The Morgan fingerprint density at radius 1 is 1.57 bits per heavy atom. The molecule has 1 aromatic heterocycles. The van der Waals surface area contributed by atoms with Crippen LogP contribution in [0.2, 0.25) is 0 Å². The topological polar surface area (TPSA) is 41.1 Å². The van der Waals surface area contributed by atoms with Gasteiger partial charge in [0.15, 0.2) is 0 Å². The minimum absolute atomic E-state index is 0.0231. The van der Waals surface area contributed by atoms with Gasteiger partial charge in [-0.25, -0.2) is 0 Å². The van der Waals surface area contributed by atoms with Gasteiger partial charge in [0.1, 0.15) is 0 Å². The molecule has 0 aliphatic heterocycles. The molecular formula is C10H16N2OS. The van der Waals surface area contributed by atoms with Gasteiger partial charge in [-0.2, -0.15) is 11.3 Å². The Morgan fingerprint density at radius 3 is 2.93 bits per heavy atom. The molecule has 0 saturated carbocycles. The van der Waals surface area contributed by atoms with Crippen LogP contribution in [0.4, 0.5) is 0 Å². The second-order valence-electron chi connectivity index (χ2n) is 3.22. The molecular weight excluding hydrogens is 196 g/mol. The average Bonchev–Trinajstić information content (AvgIpc) is 2.64. The van der Waals surface area contributed by atoms with Crippen LogP contribution in [0.25, 0.3) is 0 Å². The molecule has 4 heteroatoms. The highest BCUT2D eigenvalue weighted by Crippen LogP contribution is 2.14. The first kappa shape index (κ1) is 11.2. The van der Waals surface area contributed by atoms with Gasteiger partial charge < -0.3 is 10.6 Å². The van der Waals surface area contributed by atoms with Gasteiger partial charge in [-0.1, -0.05) is 0 Å². The fourth-order valence-electron chi connectivity index (χ4n) is 1.17. The molecule has 0 bridgehead atoms. The summed E-state index contributed by atoms with van der Waals surface area (Å²) in [6.45, 7) is 5.14. The van der Waals surface area contributed by atoms with E-state index < -0.39 is 0 Å². The highest BCUT2D eigenvalue weighted by molar-refractivity contribution is 7.07. The third-order valence-corrected chi connectivity index (χ3v) is 2.69. The summed E-state index contributed by atoms with van der Waals surface area (Å²) >= 11 is 1.70. The van der Waals surface area contributed by atoms with Crippen molar-refractivity contribution in [3.8, 4) is 0 Å². The van der Waals surface area contributed by atoms with Gasteiger partial charge in [0.25, 0.3) is 0 Å². The number of hydrogen-bond donors (Lipinski definition) is 2. The van der Waals surface area contributed by atoms with Crippen molar-refractivity contribution in [2.45, 2.75) is 19.9 Å². The van der Waals surface area contributed by atoms with E-state index in [0.717, 1.165) is 6.54 Å². The summed E-state index contributed by atoms with van der Waals surface area (Å²) < 4.78 is 0. The third kappa shape index (κ3) is 3.89. The summed E-state index contributed by atoms with van der Waals surface area (Å²) in [5.41, 5.74) is 1.30. The molecule has 0 fully saturated rings. The van der Waals surface area contributed by atoms with Crippen molar-refractivity contribution in [3.63, 3.8) is 0 Å². The second-order valence-corrected chi connectivity index (χ2v) is 4.00. The highest BCUT2D eigenvalue weighted by atomic mass is 32.1. The van der Waals surface area contributed by atoms with Crippen LogP contribution < -0.4 is 10.6 Å². The van der Waals surface area contributed by atoms with E-state index in [1.807, 2.05) is 0 Å². The van der Waals surface area contributed by atoms with Gasteiger partial charge in [-0.05, 0) is 29.3 Å². The van der Waals surface area contributed by atoms with Crippen molar-refractivity contribution >= 4 is 17.2 Å². The van der Waals surface area contributed by atoms with Crippen molar-refractivity contribution in [2.75, 3.05) is 13.1 Å². The lowest BCUT2D eigenvalue weighted by Crippen LogP contribution is -2.31. The summed E-state index contributed by atoms with van der Waals surface area (Å²) in [5, 5.41) is 10.3. The molecule has 1 unspecified atom stereocenters. The number of carbonyl (C=O) groups is 1. The maximum Gasteiger partial charge on any atom is 0.216 e. The molecule has 1 heterocycles. The molecule has 78 valence electrons. The van der Waals surface area contributed by atoms with E-state index >= 15 is 0 Å². The molecule has 1 aromatic rings. The first-order valence-electron chi connectivity index (χ1n) is 4.70. The summed E-state index contributed by atoms with van der Waals surface area (Å²) in [6.07, 6.45) is 0. The zero-order chi connectivity index (χ0) is 10.4. The molecule has 0 aliphatic carbocycles. The Hall–Kier alpha value is -0.870. The van der Waals surface area contributed by atoms with Crippen molar-refractivity contribution in [2.24, 2.45) is 0 Å². The van der Waals surface area contributed by atoms with Crippen LogP contribution in [0, 0.1) is 0 Å². The van der Waals surface area contributed by atoms with Crippen LogP contribution in [0.1, 0.15) is 25.5 Å². The van der Waals surface area contributed by atoms with E-state index in [-0.39, 0.29) is 5.91 Å². The molecule has 0 saturated heterocycles. The lowest BCUT2D eigenvalue weighted by atomic mass is 10.2. The zero-order valence-electron chi connectivity index (χ0n) is 8.54. The lowest BCUT2D eigenvalue weighted by Gasteiger charge is -2.12. The van der Waals surface area contributed by atoms with E-state index in [1.165, 1.54) is 12.5 Å². The maximum atomic E-state index is 10.6. The number of amides is 1. The van der Waals surface area contributed by atoms with Crippen molar-refractivity contribution in [1.29, 1.82) is 0 Å². The maximum absolute atomic E-state index is 10.6. The number of nitrogens with one attached hydrogen (secondary N) is 2. The molecule has 0 radical (unpaired) electrons. The monoisotopic (exact) mass is 212 g/mol. The molecule has 0 aliphatic rings. The van der Waals surface area contributed by atoms with Crippen molar-refractivity contribution in [3.05, 3.63) is 22.4 Å². The molecule has 2 N–H and O–H groups in total. The van der Waals surface area contributed by atoms with Crippen LogP contribution in [-0.2, 0) is 4.79 Å². The predicted molar refractivity (Wildman–Crippen MR) is 59.4 cm³/mol. The third-order valence-electron chi connectivity index (χ3n) is 1.99. The zero-order valence-corrected chi connectivity index (χ0v) is 9.36. The number of carbonyl (C=O) groups excluding carboxylic acids is 1. The van der Waals surface area contributed by atoms with Gasteiger partial charge in [-0.3, -0.25) is 4.79 Å². The van der Waals surface area contributed by atoms with Gasteiger partial charge in [0.2, 0.25) is 5.91 Å². The minimum Gasteiger partial charge on any atom is -0.355 e. The first-order valence-corrected chi connectivity index (χ1v) is 5.64. The van der Waals surface area contributed by atoms with Crippen LogP contribution in [0.5, 0.6) is 0 Å². The normalized spacial score (nSPS) is 12.4. The number of rotatable bonds is 5. The molecule has 0 spiro atoms. The summed E-state index contributed by atoms with van der Waals surface area (Å²) in [7, 11) is 0. The fourth-order valence-corrected chi connectivity index (χ4v) is 1.92. The van der Waals surface area contributed by atoms with Crippen molar-refractivity contribution in [1.82, 2.24) is 10.6 Å². The second kappa shape index (κ2) is 5.78. The molecule has 1 rings (SSSR count). The standard InChI is InChI=1S/C10H16N2OS/c1-8(10-3-6-14-7-10)11-4-5-12-9(2)13/h3,6-8,11H,4-5H2,1-2H3,(H,12,13). The van der Waals surface area contributed by atoms with E-state index in [1.54, 1.807) is 11.3 Å². The predicted octanol–water partition coefficient (Wildman–Crippen LogP) is 1.53. The molecule has 3 nitrogen and oxygen atoms in total. The summed E-state index contributed by atoms with van der Waals surface area (Å²) in [5.74, 6) is 0.0231. The molecule has 1 atom stereocenters. The number of hydrogen-bond acceptors (Lipinski definition) is 3. The lowest BCUT2D eigenvalue weighted by molar-refractivity contribution is -0.118. The van der Waals surface area contributed by atoms with Crippen LogP contribution in [0.15, 0.2) is 16.8 Å². The minimum atomic E-state index is 0.0231. The fraction of sp³-hybridized carbons (Fsp3) is 0.500. The summed E-state index contributed by atoms with van der Waals surface area (Å²) in [4.78, 5) is 10.6. The van der Waals surface area contributed by atoms with Gasteiger partial charge in [-0.15, -0.1) is 0 Å². The van der Waals surface area contributed by atoms with Gasteiger partial charge in [0, 0.05) is 26.1 Å². The van der Waals surface area contributed by atoms with Gasteiger partial charge >= 0.3 is 0 Å². The molecule has 14 heavy (non-hydrogen) atoms. The highest BCUT2D eigenvalue weighted by Gasteiger charge is 2.03. The summed E-state index contributed by atoms with van der Waals surface area (Å²) in [6, 6.07) is 2.47. The Labute approximate surface area is 88.5 Å².